The van der Waals surface area contributed by atoms with E-state index in [1.165, 1.54) is 0 Å². The van der Waals surface area contributed by atoms with Gasteiger partial charge in [-0.25, -0.2) is 9.78 Å². The Labute approximate surface area is 111 Å². The first kappa shape index (κ1) is 12.0. The summed E-state index contributed by atoms with van der Waals surface area (Å²) in [7, 11) is 0. The number of carboxylic acids is 1. The van der Waals surface area contributed by atoms with E-state index >= 15 is 0 Å². The maximum absolute atomic E-state index is 11.3. The van der Waals surface area contributed by atoms with Crippen molar-refractivity contribution in [2.75, 3.05) is 0 Å². The Morgan fingerprint density at radius 3 is 2.95 bits per heavy atom. The van der Waals surface area contributed by atoms with Gasteiger partial charge in [-0.2, -0.15) is 0 Å². The van der Waals surface area contributed by atoms with Gasteiger partial charge in [0, 0.05) is 18.2 Å². The monoisotopic (exact) mass is 256 g/mol. The molecule has 1 unspecified atom stereocenters. The molecule has 0 amide bonds. The third-order valence-electron chi connectivity index (χ3n) is 3.73. The van der Waals surface area contributed by atoms with Crippen molar-refractivity contribution in [2.24, 2.45) is 0 Å². The Morgan fingerprint density at radius 1 is 1.42 bits per heavy atom. The number of carboxylic acid groups (broad SMARTS) is 1. The fraction of sp³-hybridized carbons (Fsp3) is 0.333. The molecule has 19 heavy (non-hydrogen) atoms. The van der Waals surface area contributed by atoms with Crippen molar-refractivity contribution in [1.82, 2.24) is 9.55 Å². The van der Waals surface area contributed by atoms with E-state index in [2.05, 4.69) is 4.98 Å². The number of benzene rings is 1. The van der Waals surface area contributed by atoms with E-state index in [4.69, 9.17) is 0 Å². The minimum Gasteiger partial charge on any atom is -0.480 e. The fourth-order valence-corrected chi connectivity index (χ4v) is 2.71. The average molecular weight is 256 g/mol. The van der Waals surface area contributed by atoms with Crippen molar-refractivity contribution in [3.05, 3.63) is 41.9 Å². The van der Waals surface area contributed by atoms with Crippen LogP contribution in [0.15, 0.2) is 30.5 Å². The normalized spacial score (nSPS) is 18.1. The van der Waals surface area contributed by atoms with Crippen molar-refractivity contribution in [2.45, 2.75) is 32.2 Å². The SMILES string of the molecule is Cc1ccccc1-c1cn2c(n1)CCCC2C(=O)O. The molecule has 3 rings (SSSR count). The van der Waals surface area contributed by atoms with Gasteiger partial charge in [-0.15, -0.1) is 0 Å². The quantitative estimate of drug-likeness (QED) is 0.898. The Hall–Kier alpha value is -2.10. The van der Waals surface area contributed by atoms with Crippen molar-refractivity contribution in [3.8, 4) is 11.3 Å². The molecular weight excluding hydrogens is 240 g/mol. The zero-order valence-electron chi connectivity index (χ0n) is 10.8. The summed E-state index contributed by atoms with van der Waals surface area (Å²) < 4.78 is 1.83. The third-order valence-corrected chi connectivity index (χ3v) is 3.73. The highest BCUT2D eigenvalue weighted by molar-refractivity contribution is 5.73. The Balaban J connectivity index is 2.07. The number of aromatic nitrogens is 2. The Kier molecular flexibility index (Phi) is 2.85. The van der Waals surface area contributed by atoms with Gasteiger partial charge in [0.15, 0.2) is 0 Å². The summed E-state index contributed by atoms with van der Waals surface area (Å²) in [4.78, 5) is 15.9. The lowest BCUT2D eigenvalue weighted by molar-refractivity contribution is -0.141. The largest absolute Gasteiger partial charge is 0.480 e. The van der Waals surface area contributed by atoms with Crippen LogP contribution in [0, 0.1) is 6.92 Å². The van der Waals surface area contributed by atoms with Gasteiger partial charge in [0.05, 0.1) is 5.69 Å². The minimum absolute atomic E-state index is 0.464. The number of carbonyl (C=O) groups is 1. The van der Waals surface area contributed by atoms with Gasteiger partial charge in [0.2, 0.25) is 0 Å². The first-order valence-corrected chi connectivity index (χ1v) is 6.53. The molecule has 1 aliphatic heterocycles. The van der Waals surface area contributed by atoms with Crippen LogP contribution in [0.4, 0.5) is 0 Å². The predicted molar refractivity (Wildman–Crippen MR) is 72.0 cm³/mol. The molecule has 2 aromatic rings. The molecule has 4 heteroatoms. The molecule has 1 aromatic heterocycles. The van der Waals surface area contributed by atoms with Crippen molar-refractivity contribution in [1.29, 1.82) is 0 Å². The van der Waals surface area contributed by atoms with Crippen LogP contribution in [0.2, 0.25) is 0 Å². The van der Waals surface area contributed by atoms with Gasteiger partial charge in [0.1, 0.15) is 11.9 Å². The molecule has 1 atom stereocenters. The van der Waals surface area contributed by atoms with Gasteiger partial charge in [0.25, 0.3) is 0 Å². The highest BCUT2D eigenvalue weighted by Crippen LogP contribution is 2.29. The Bertz CT molecular complexity index is 631. The molecule has 0 fully saturated rings. The van der Waals surface area contributed by atoms with Gasteiger partial charge in [-0.1, -0.05) is 24.3 Å². The predicted octanol–water partition coefficient (Wildman–Crippen LogP) is 2.82. The Morgan fingerprint density at radius 2 is 2.21 bits per heavy atom. The lowest BCUT2D eigenvalue weighted by Gasteiger charge is -2.20. The highest BCUT2D eigenvalue weighted by atomic mass is 16.4. The molecule has 0 spiro atoms. The molecule has 1 N–H and O–H groups in total. The van der Waals surface area contributed by atoms with Gasteiger partial charge >= 0.3 is 5.97 Å². The second-order valence-electron chi connectivity index (χ2n) is 5.01. The zero-order valence-corrected chi connectivity index (χ0v) is 10.8. The van der Waals surface area contributed by atoms with E-state index in [9.17, 15) is 9.90 Å². The molecule has 0 aliphatic carbocycles. The molecule has 0 radical (unpaired) electrons. The van der Waals surface area contributed by atoms with Crippen molar-refractivity contribution < 1.29 is 9.90 Å². The highest BCUT2D eigenvalue weighted by Gasteiger charge is 2.27. The zero-order chi connectivity index (χ0) is 13.4. The van der Waals surface area contributed by atoms with Crippen LogP contribution < -0.4 is 0 Å². The summed E-state index contributed by atoms with van der Waals surface area (Å²) in [5.41, 5.74) is 3.11. The third kappa shape index (κ3) is 2.03. The molecular formula is C15H16N2O2. The van der Waals surface area contributed by atoms with E-state index in [-0.39, 0.29) is 0 Å². The van der Waals surface area contributed by atoms with E-state index < -0.39 is 12.0 Å². The van der Waals surface area contributed by atoms with E-state index in [1.807, 2.05) is 42.0 Å². The van der Waals surface area contributed by atoms with Crippen LogP contribution in [0.25, 0.3) is 11.3 Å². The van der Waals surface area contributed by atoms with Crippen molar-refractivity contribution in [3.63, 3.8) is 0 Å². The topological polar surface area (TPSA) is 55.1 Å². The number of imidazole rings is 1. The maximum atomic E-state index is 11.3. The summed E-state index contributed by atoms with van der Waals surface area (Å²) in [6, 6.07) is 7.58. The summed E-state index contributed by atoms with van der Waals surface area (Å²) in [5.74, 6) is 0.117. The van der Waals surface area contributed by atoms with Crippen LogP contribution in [-0.2, 0) is 11.2 Å². The number of fused-ring (bicyclic) bond motifs is 1. The second-order valence-corrected chi connectivity index (χ2v) is 5.01. The number of hydrogen-bond donors (Lipinski definition) is 1. The first-order valence-electron chi connectivity index (χ1n) is 6.53. The van der Waals surface area contributed by atoms with Gasteiger partial charge < -0.3 is 9.67 Å². The number of aryl methyl sites for hydroxylation is 2. The van der Waals surface area contributed by atoms with Crippen LogP contribution in [-0.4, -0.2) is 20.6 Å². The van der Waals surface area contributed by atoms with Crippen molar-refractivity contribution >= 4 is 5.97 Å². The smallest absolute Gasteiger partial charge is 0.326 e. The molecule has 0 saturated carbocycles. The average Bonchev–Trinajstić information content (AvgIpc) is 2.82. The molecule has 1 aliphatic rings. The van der Waals surface area contributed by atoms with E-state index in [0.29, 0.717) is 6.42 Å². The van der Waals surface area contributed by atoms with Crippen LogP contribution in [0.1, 0.15) is 30.3 Å². The minimum atomic E-state index is -0.769. The number of nitrogens with zero attached hydrogens (tertiary/aromatic N) is 2. The summed E-state index contributed by atoms with van der Waals surface area (Å²) in [6.07, 6.45) is 4.32. The van der Waals surface area contributed by atoms with Gasteiger partial charge in [-0.05, 0) is 25.3 Å². The second kappa shape index (κ2) is 4.53. The maximum Gasteiger partial charge on any atom is 0.326 e. The van der Waals surface area contributed by atoms with Gasteiger partial charge in [-0.3, -0.25) is 0 Å². The molecule has 0 saturated heterocycles. The molecule has 98 valence electrons. The molecule has 1 aromatic carbocycles. The van der Waals surface area contributed by atoms with E-state index in [1.54, 1.807) is 0 Å². The lowest BCUT2D eigenvalue weighted by Crippen LogP contribution is -2.24. The number of aliphatic carboxylic acids is 1. The fourth-order valence-electron chi connectivity index (χ4n) is 2.71. The molecule has 2 heterocycles. The number of rotatable bonds is 2. The standard InChI is InChI=1S/C15H16N2O2/c1-10-5-2-3-6-11(10)12-9-17-13(15(18)19)7-4-8-14(17)16-12/h2-3,5-6,9,13H,4,7-8H2,1H3,(H,18,19). The van der Waals surface area contributed by atoms with Crippen LogP contribution in [0.5, 0.6) is 0 Å². The summed E-state index contributed by atoms with van der Waals surface area (Å²) in [6.45, 7) is 2.04. The van der Waals surface area contributed by atoms with E-state index in [0.717, 1.165) is 35.5 Å². The van der Waals surface area contributed by atoms with Crippen LogP contribution >= 0.6 is 0 Å². The lowest BCUT2D eigenvalue weighted by atomic mass is 10.1. The molecule has 0 bridgehead atoms. The summed E-state index contributed by atoms with van der Waals surface area (Å²) in [5, 5.41) is 9.27. The molecule has 4 nitrogen and oxygen atoms in total. The number of hydrogen-bond acceptors (Lipinski definition) is 2. The first-order chi connectivity index (χ1) is 9.16. The van der Waals surface area contributed by atoms with Crippen LogP contribution in [0.3, 0.4) is 0 Å². The summed E-state index contributed by atoms with van der Waals surface area (Å²) >= 11 is 0.